The normalized spacial score (nSPS) is 12.3. The molecule has 1 aromatic rings. The van der Waals surface area contributed by atoms with Crippen molar-refractivity contribution in [3.8, 4) is 0 Å². The van der Waals surface area contributed by atoms with Crippen LogP contribution in [0.25, 0.3) is 0 Å². The fourth-order valence-electron chi connectivity index (χ4n) is 1.30. The Morgan fingerprint density at radius 1 is 1.41 bits per heavy atom. The van der Waals surface area contributed by atoms with Gasteiger partial charge in [-0.1, -0.05) is 6.92 Å². The van der Waals surface area contributed by atoms with Crippen molar-refractivity contribution < 1.29 is 5.11 Å². The molecule has 2 N–H and O–H groups in total. The summed E-state index contributed by atoms with van der Waals surface area (Å²) in [4.78, 5) is 13.9. The summed E-state index contributed by atoms with van der Waals surface area (Å²) in [6.07, 6.45) is 0.518. The zero-order valence-electron chi connectivity index (χ0n) is 10.3. The Balaban J connectivity index is 2.80. The third-order valence-corrected chi connectivity index (χ3v) is 2.18. The predicted octanol–water partition coefficient (Wildman–Crippen LogP) is 1.16. The second-order valence-corrected chi connectivity index (χ2v) is 4.22. The topological polar surface area (TPSA) is 74.2 Å². The fourth-order valence-corrected chi connectivity index (χ4v) is 1.46. The van der Waals surface area contributed by atoms with Crippen molar-refractivity contribution >= 4 is 23.5 Å². The highest BCUT2D eigenvalue weighted by molar-refractivity contribution is 6.28. The largest absolute Gasteiger partial charge is 0.392 e. The Kier molecular flexibility index (Phi) is 5.37. The number of nitrogens with one attached hydrogen (secondary N) is 1. The van der Waals surface area contributed by atoms with Crippen LogP contribution in [0.1, 0.15) is 20.3 Å². The Labute approximate surface area is 106 Å². The zero-order valence-corrected chi connectivity index (χ0v) is 11.1. The number of hydrogen-bond donors (Lipinski definition) is 2. The molecule has 0 fully saturated rings. The molecule has 0 bridgehead atoms. The third-order valence-electron chi connectivity index (χ3n) is 2.01. The minimum atomic E-state index is -0.456. The maximum absolute atomic E-state index is 9.30. The van der Waals surface area contributed by atoms with E-state index in [-0.39, 0.29) is 5.28 Å². The van der Waals surface area contributed by atoms with Crippen LogP contribution in [-0.4, -0.2) is 46.3 Å². The molecule has 0 aliphatic rings. The molecule has 1 rings (SSSR count). The molecule has 1 atom stereocenters. The van der Waals surface area contributed by atoms with Crippen LogP contribution >= 0.6 is 11.6 Å². The van der Waals surface area contributed by atoms with E-state index in [0.29, 0.717) is 18.4 Å². The highest BCUT2D eigenvalue weighted by Gasteiger charge is 2.10. The van der Waals surface area contributed by atoms with Gasteiger partial charge in [0.05, 0.1) is 6.10 Å². The SMILES string of the molecule is CCCNc1nc(Cl)nc(N(C)CC(C)O)n1. The van der Waals surface area contributed by atoms with Crippen LogP contribution in [0.15, 0.2) is 0 Å². The van der Waals surface area contributed by atoms with E-state index in [9.17, 15) is 5.11 Å². The van der Waals surface area contributed by atoms with E-state index < -0.39 is 6.10 Å². The molecule has 6 nitrogen and oxygen atoms in total. The average Bonchev–Trinajstić information content (AvgIpc) is 2.24. The molecule has 17 heavy (non-hydrogen) atoms. The van der Waals surface area contributed by atoms with Gasteiger partial charge in [0.1, 0.15) is 0 Å². The van der Waals surface area contributed by atoms with Crippen LogP contribution in [0.2, 0.25) is 5.28 Å². The van der Waals surface area contributed by atoms with Gasteiger partial charge in [-0.15, -0.1) is 0 Å². The van der Waals surface area contributed by atoms with Crippen LogP contribution < -0.4 is 10.2 Å². The molecule has 0 amide bonds. The lowest BCUT2D eigenvalue weighted by Crippen LogP contribution is -2.28. The van der Waals surface area contributed by atoms with E-state index in [1.54, 1.807) is 18.9 Å². The van der Waals surface area contributed by atoms with Crippen molar-refractivity contribution in [1.82, 2.24) is 15.0 Å². The van der Waals surface area contributed by atoms with Gasteiger partial charge >= 0.3 is 0 Å². The summed E-state index contributed by atoms with van der Waals surface area (Å²) in [5.41, 5.74) is 0. The standard InChI is InChI=1S/C10H18ClN5O/c1-4-5-12-9-13-8(11)14-10(15-9)16(3)6-7(2)17/h7,17H,4-6H2,1-3H3,(H,12,13,14,15). The van der Waals surface area contributed by atoms with Gasteiger partial charge in [0.25, 0.3) is 0 Å². The van der Waals surface area contributed by atoms with Crippen molar-refractivity contribution in [2.75, 3.05) is 30.4 Å². The molecule has 1 heterocycles. The lowest BCUT2D eigenvalue weighted by atomic mass is 10.4. The minimum Gasteiger partial charge on any atom is -0.392 e. The van der Waals surface area contributed by atoms with E-state index >= 15 is 0 Å². The van der Waals surface area contributed by atoms with E-state index in [2.05, 4.69) is 27.2 Å². The molecule has 0 aliphatic carbocycles. The summed E-state index contributed by atoms with van der Waals surface area (Å²) in [6, 6.07) is 0. The monoisotopic (exact) mass is 259 g/mol. The van der Waals surface area contributed by atoms with E-state index in [0.717, 1.165) is 13.0 Å². The number of aromatic nitrogens is 3. The molecule has 1 aromatic heterocycles. The first kappa shape index (κ1) is 13.9. The minimum absolute atomic E-state index is 0.144. The van der Waals surface area contributed by atoms with E-state index in [4.69, 9.17) is 11.6 Å². The van der Waals surface area contributed by atoms with Crippen LogP contribution in [0.3, 0.4) is 0 Å². The maximum atomic E-state index is 9.30. The number of nitrogens with zero attached hydrogens (tertiary/aromatic N) is 4. The third kappa shape index (κ3) is 4.70. The second kappa shape index (κ2) is 6.56. The number of hydrogen-bond acceptors (Lipinski definition) is 6. The molecule has 0 saturated heterocycles. The first-order chi connectivity index (χ1) is 8.02. The highest BCUT2D eigenvalue weighted by atomic mass is 35.5. The van der Waals surface area contributed by atoms with E-state index in [1.807, 2.05) is 0 Å². The first-order valence-corrected chi connectivity index (χ1v) is 5.95. The van der Waals surface area contributed by atoms with Crippen LogP contribution in [0.4, 0.5) is 11.9 Å². The maximum Gasteiger partial charge on any atom is 0.231 e. The Hall–Kier alpha value is -1.14. The Morgan fingerprint density at radius 2 is 2.12 bits per heavy atom. The molecule has 96 valence electrons. The quantitative estimate of drug-likeness (QED) is 0.799. The number of aliphatic hydroxyl groups is 1. The van der Waals surface area contributed by atoms with Gasteiger partial charge < -0.3 is 15.3 Å². The van der Waals surface area contributed by atoms with Crippen LogP contribution in [-0.2, 0) is 0 Å². The lowest BCUT2D eigenvalue weighted by Gasteiger charge is -2.19. The molecule has 7 heteroatoms. The van der Waals surface area contributed by atoms with Gasteiger partial charge in [-0.05, 0) is 24.9 Å². The summed E-state index contributed by atoms with van der Waals surface area (Å²) in [5.74, 6) is 0.906. The Morgan fingerprint density at radius 3 is 2.71 bits per heavy atom. The Bertz CT molecular complexity index is 361. The van der Waals surface area contributed by atoms with Crippen molar-refractivity contribution in [2.45, 2.75) is 26.4 Å². The second-order valence-electron chi connectivity index (χ2n) is 3.88. The molecular weight excluding hydrogens is 242 g/mol. The van der Waals surface area contributed by atoms with Gasteiger partial charge in [-0.25, -0.2) is 0 Å². The summed E-state index contributed by atoms with van der Waals surface area (Å²) < 4.78 is 0. The van der Waals surface area contributed by atoms with Crippen LogP contribution in [0, 0.1) is 0 Å². The number of aliphatic hydroxyl groups excluding tert-OH is 1. The smallest absolute Gasteiger partial charge is 0.231 e. The molecule has 0 saturated carbocycles. The molecular formula is C10H18ClN5O. The number of rotatable bonds is 6. The average molecular weight is 260 g/mol. The molecule has 1 unspecified atom stereocenters. The van der Waals surface area contributed by atoms with Gasteiger partial charge in [-0.3, -0.25) is 0 Å². The lowest BCUT2D eigenvalue weighted by molar-refractivity contribution is 0.201. The van der Waals surface area contributed by atoms with Crippen molar-refractivity contribution in [2.24, 2.45) is 0 Å². The zero-order chi connectivity index (χ0) is 12.8. The van der Waals surface area contributed by atoms with Gasteiger partial charge in [0, 0.05) is 20.1 Å². The molecule has 0 spiro atoms. The van der Waals surface area contributed by atoms with Gasteiger partial charge in [0.15, 0.2) is 0 Å². The molecule has 0 radical (unpaired) electrons. The van der Waals surface area contributed by atoms with Crippen molar-refractivity contribution in [3.05, 3.63) is 5.28 Å². The highest BCUT2D eigenvalue weighted by Crippen LogP contribution is 2.12. The summed E-state index contributed by atoms with van der Waals surface area (Å²) in [5, 5.41) is 12.5. The van der Waals surface area contributed by atoms with E-state index in [1.165, 1.54) is 0 Å². The molecule has 0 aliphatic heterocycles. The fraction of sp³-hybridized carbons (Fsp3) is 0.700. The number of likely N-dealkylation sites (N-methyl/N-ethyl adjacent to an activating group) is 1. The number of anilines is 2. The summed E-state index contributed by atoms with van der Waals surface area (Å²) in [7, 11) is 1.79. The van der Waals surface area contributed by atoms with Crippen molar-refractivity contribution in [1.29, 1.82) is 0 Å². The first-order valence-electron chi connectivity index (χ1n) is 5.57. The summed E-state index contributed by atoms with van der Waals surface area (Å²) in [6.45, 7) is 4.97. The number of halogens is 1. The van der Waals surface area contributed by atoms with Gasteiger partial charge in [-0.2, -0.15) is 15.0 Å². The summed E-state index contributed by atoms with van der Waals surface area (Å²) >= 11 is 5.82. The van der Waals surface area contributed by atoms with Gasteiger partial charge in [0.2, 0.25) is 17.2 Å². The molecule has 0 aromatic carbocycles. The predicted molar refractivity (Wildman–Crippen MR) is 68.6 cm³/mol. The van der Waals surface area contributed by atoms with Crippen LogP contribution in [0.5, 0.6) is 0 Å². The van der Waals surface area contributed by atoms with Crippen molar-refractivity contribution in [3.63, 3.8) is 0 Å².